The highest BCUT2D eigenvalue weighted by molar-refractivity contribution is 6.07. The van der Waals surface area contributed by atoms with Crippen LogP contribution in [0.4, 0.5) is 11.4 Å². The summed E-state index contributed by atoms with van der Waals surface area (Å²) in [6.07, 6.45) is 1.87. The smallest absolute Gasteiger partial charge is 0.321 e. The third-order valence-corrected chi connectivity index (χ3v) is 7.83. The van der Waals surface area contributed by atoms with Gasteiger partial charge in [-0.15, -0.1) is 0 Å². The Hall–Kier alpha value is -4.19. The molecule has 9 heteroatoms. The van der Waals surface area contributed by atoms with E-state index in [2.05, 4.69) is 31.3 Å². The van der Waals surface area contributed by atoms with Gasteiger partial charge < -0.3 is 15.2 Å². The predicted octanol–water partition coefficient (Wildman–Crippen LogP) is 5.69. The number of rotatable bonds is 2. The van der Waals surface area contributed by atoms with Crippen molar-refractivity contribution in [2.45, 2.75) is 59.0 Å². The second-order valence-corrected chi connectivity index (χ2v) is 9.85. The standard InChI is InChI=1S/C17H18N2O2.C11H11NO4/c1-9-10(2)13-6-7-14-16(19-17(20)11(3)21-14)15(13)12(9)5-4-8-18;1-5-6(2)11(14)9-7(5)3-4-8(13)10(9)12(15)16/h5-7,9-11H,4H2,1-3H3,(H,19,20);3-6,13H,1-2H3. The Kier molecular flexibility index (Phi) is 6.78. The fraction of sp³-hybridized carbons (Fsp3) is 0.393. The maximum absolute atomic E-state index is 11.9. The Morgan fingerprint density at radius 3 is 2.30 bits per heavy atom. The zero-order valence-corrected chi connectivity index (χ0v) is 21.4. The third kappa shape index (κ3) is 4.22. The number of anilines is 1. The summed E-state index contributed by atoms with van der Waals surface area (Å²) in [5.74, 6) is 0.274. The van der Waals surface area contributed by atoms with E-state index in [-0.39, 0.29) is 29.1 Å². The zero-order chi connectivity index (χ0) is 27.2. The lowest BCUT2D eigenvalue weighted by Gasteiger charge is -2.25. The molecule has 0 saturated carbocycles. The number of carbonyl (C=O) groups excluding carboxylic acids is 2. The number of hydrogen-bond donors (Lipinski definition) is 2. The predicted molar refractivity (Wildman–Crippen MR) is 138 cm³/mol. The van der Waals surface area contributed by atoms with Crippen LogP contribution in [0.5, 0.6) is 11.5 Å². The summed E-state index contributed by atoms with van der Waals surface area (Å²) in [5, 5.41) is 32.1. The van der Waals surface area contributed by atoms with Crippen LogP contribution in [0.2, 0.25) is 0 Å². The van der Waals surface area contributed by atoms with Gasteiger partial charge in [-0.1, -0.05) is 45.9 Å². The number of phenolic OH excluding ortho intramolecular Hbond substituents is 1. The fourth-order valence-electron chi connectivity index (χ4n) is 5.33. The molecule has 2 aliphatic carbocycles. The van der Waals surface area contributed by atoms with Crippen molar-refractivity contribution in [1.82, 2.24) is 0 Å². The SMILES string of the molecule is CC1C(=O)c2c(ccc(O)c2[N+](=O)[O-])C1C.CC1Oc2ccc3c(c2NC1=O)C(=CCC#N)C(C)C3C. The molecule has 2 aromatic carbocycles. The molecule has 0 bridgehead atoms. The lowest BCUT2D eigenvalue weighted by Crippen LogP contribution is -2.34. The molecule has 5 atom stereocenters. The molecular weight excluding hydrogens is 474 g/mol. The van der Waals surface area contributed by atoms with E-state index in [4.69, 9.17) is 10.00 Å². The molecule has 0 aromatic heterocycles. The lowest BCUT2D eigenvalue weighted by molar-refractivity contribution is -0.386. The van der Waals surface area contributed by atoms with E-state index >= 15 is 0 Å². The molecule has 0 spiro atoms. The van der Waals surface area contributed by atoms with Gasteiger partial charge in [-0.2, -0.15) is 5.26 Å². The van der Waals surface area contributed by atoms with Crippen molar-refractivity contribution in [2.24, 2.45) is 11.8 Å². The van der Waals surface area contributed by atoms with Crippen molar-refractivity contribution in [3.63, 3.8) is 0 Å². The van der Waals surface area contributed by atoms with Crippen LogP contribution in [0.15, 0.2) is 30.3 Å². The molecule has 0 saturated heterocycles. The number of nitro groups is 1. The maximum atomic E-state index is 11.9. The van der Waals surface area contributed by atoms with Gasteiger partial charge in [0.15, 0.2) is 17.6 Å². The van der Waals surface area contributed by atoms with Crippen LogP contribution in [0.1, 0.15) is 79.9 Å². The molecule has 37 heavy (non-hydrogen) atoms. The Morgan fingerprint density at radius 1 is 1.03 bits per heavy atom. The van der Waals surface area contributed by atoms with Crippen molar-refractivity contribution in [1.29, 1.82) is 5.26 Å². The molecule has 3 aliphatic rings. The zero-order valence-electron chi connectivity index (χ0n) is 21.4. The van der Waals surface area contributed by atoms with Crippen molar-refractivity contribution >= 4 is 28.6 Å². The maximum Gasteiger partial charge on any atom is 0.321 e. The summed E-state index contributed by atoms with van der Waals surface area (Å²) in [6.45, 7) is 9.68. The van der Waals surface area contributed by atoms with Crippen LogP contribution in [-0.2, 0) is 4.79 Å². The van der Waals surface area contributed by atoms with Gasteiger partial charge in [-0.05, 0) is 53.5 Å². The van der Waals surface area contributed by atoms with Gasteiger partial charge >= 0.3 is 5.69 Å². The van der Waals surface area contributed by atoms with Gasteiger partial charge in [0.1, 0.15) is 11.3 Å². The summed E-state index contributed by atoms with van der Waals surface area (Å²) in [4.78, 5) is 33.9. The number of nitriles is 1. The molecule has 0 radical (unpaired) electrons. The van der Waals surface area contributed by atoms with Crippen LogP contribution in [-0.4, -0.2) is 27.8 Å². The Morgan fingerprint density at radius 2 is 1.65 bits per heavy atom. The second kappa shape index (κ2) is 9.69. The first-order valence-electron chi connectivity index (χ1n) is 12.3. The fourth-order valence-corrected chi connectivity index (χ4v) is 5.33. The van der Waals surface area contributed by atoms with E-state index in [0.717, 1.165) is 16.8 Å². The van der Waals surface area contributed by atoms with E-state index in [9.17, 15) is 24.8 Å². The normalized spacial score (nSPS) is 26.2. The Bertz CT molecular complexity index is 1390. The van der Waals surface area contributed by atoms with E-state index in [1.165, 1.54) is 11.6 Å². The first kappa shape index (κ1) is 25.9. The number of nitro benzene ring substituents is 1. The van der Waals surface area contributed by atoms with Crippen molar-refractivity contribution in [3.8, 4) is 17.6 Å². The highest BCUT2D eigenvalue weighted by Crippen LogP contribution is 2.52. The first-order chi connectivity index (χ1) is 17.5. The number of Topliss-reactive ketones (excluding diaryl/α,β-unsaturated/α-hetero) is 1. The minimum Gasteiger partial charge on any atom is -0.502 e. The number of hydrogen-bond acceptors (Lipinski definition) is 7. The minimum atomic E-state index is -0.698. The minimum absolute atomic E-state index is 0.0400. The molecule has 1 heterocycles. The molecule has 0 fully saturated rings. The van der Waals surface area contributed by atoms with Gasteiger partial charge in [0.2, 0.25) is 0 Å². The van der Waals surface area contributed by atoms with Crippen LogP contribution >= 0.6 is 0 Å². The van der Waals surface area contributed by atoms with Gasteiger partial charge in [-0.25, -0.2) is 0 Å². The third-order valence-electron chi connectivity index (χ3n) is 7.83. The average molecular weight is 504 g/mol. The molecule has 5 unspecified atom stereocenters. The van der Waals surface area contributed by atoms with Gasteiger partial charge in [0.05, 0.1) is 23.1 Å². The number of ketones is 1. The van der Waals surface area contributed by atoms with E-state index < -0.39 is 22.5 Å². The molecule has 9 nitrogen and oxygen atoms in total. The highest BCUT2D eigenvalue weighted by Gasteiger charge is 2.41. The molecule has 2 aromatic rings. The molecular formula is C28H29N3O6. The van der Waals surface area contributed by atoms with Crippen LogP contribution < -0.4 is 10.1 Å². The monoisotopic (exact) mass is 503 g/mol. The van der Waals surface area contributed by atoms with Crippen LogP contribution in [0.3, 0.4) is 0 Å². The van der Waals surface area contributed by atoms with E-state index in [1.807, 2.05) is 19.1 Å². The number of ether oxygens (including phenoxy) is 1. The lowest BCUT2D eigenvalue weighted by atomic mass is 9.94. The van der Waals surface area contributed by atoms with Gasteiger partial charge in [0.25, 0.3) is 5.91 Å². The second-order valence-electron chi connectivity index (χ2n) is 9.85. The molecule has 5 rings (SSSR count). The quantitative estimate of drug-likeness (QED) is 0.396. The summed E-state index contributed by atoms with van der Waals surface area (Å²) < 4.78 is 5.69. The van der Waals surface area contributed by atoms with E-state index in [1.54, 1.807) is 19.9 Å². The number of phenols is 1. The largest absolute Gasteiger partial charge is 0.502 e. The number of allylic oxidation sites excluding steroid dienone is 2. The van der Waals surface area contributed by atoms with Crippen molar-refractivity contribution in [3.05, 3.63) is 62.7 Å². The molecule has 1 amide bonds. The summed E-state index contributed by atoms with van der Waals surface area (Å²) in [5.41, 5.74) is 4.42. The molecule has 192 valence electrons. The Labute approximate surface area is 214 Å². The highest BCUT2D eigenvalue weighted by atomic mass is 16.6. The summed E-state index contributed by atoms with van der Waals surface area (Å²) >= 11 is 0. The first-order valence-corrected chi connectivity index (χ1v) is 12.3. The van der Waals surface area contributed by atoms with Gasteiger partial charge in [0, 0.05) is 11.5 Å². The number of amides is 1. The summed E-state index contributed by atoms with van der Waals surface area (Å²) in [7, 11) is 0. The van der Waals surface area contributed by atoms with E-state index in [0.29, 0.717) is 29.6 Å². The van der Waals surface area contributed by atoms with Crippen molar-refractivity contribution < 1.29 is 24.4 Å². The molecule has 1 aliphatic heterocycles. The number of nitrogens with one attached hydrogen (secondary N) is 1. The topological polar surface area (TPSA) is 143 Å². The number of aromatic hydroxyl groups is 1. The van der Waals surface area contributed by atoms with Crippen LogP contribution in [0, 0.1) is 33.3 Å². The number of fused-ring (bicyclic) bond motifs is 4. The van der Waals surface area contributed by atoms with Gasteiger partial charge in [-0.3, -0.25) is 19.7 Å². The Balaban J connectivity index is 0.000000180. The number of benzene rings is 2. The number of nitrogens with zero attached hydrogens (tertiary/aromatic N) is 2. The van der Waals surface area contributed by atoms with Crippen LogP contribution in [0.25, 0.3) is 5.57 Å². The number of carbonyl (C=O) groups is 2. The molecule has 2 N–H and O–H groups in total. The van der Waals surface area contributed by atoms with Crippen molar-refractivity contribution in [2.75, 3.05) is 5.32 Å². The summed E-state index contributed by atoms with van der Waals surface area (Å²) in [6, 6.07) is 9.03. The average Bonchev–Trinajstić information content (AvgIpc) is 3.23.